The molecule has 0 radical (unpaired) electrons. The standard InChI is InChI=1S/C20H42S3/c1-2-3-4-5-6-7-8-9-10-11-12-13-14-15-16-20(17-21,18-22)19-23/h21-23H,2-19H2,1H3. The maximum atomic E-state index is 4.49. The largest absolute Gasteiger partial charge is 0.179 e. The zero-order chi connectivity index (χ0) is 17.2. The van der Waals surface area contributed by atoms with E-state index in [1.165, 1.54) is 96.3 Å². The van der Waals surface area contributed by atoms with E-state index < -0.39 is 0 Å². The van der Waals surface area contributed by atoms with E-state index in [2.05, 4.69) is 44.8 Å². The second kappa shape index (κ2) is 17.9. The van der Waals surface area contributed by atoms with Gasteiger partial charge in [0.05, 0.1) is 0 Å². The molecule has 0 aliphatic rings. The molecule has 0 amide bonds. The fourth-order valence-electron chi connectivity index (χ4n) is 3.08. The van der Waals surface area contributed by atoms with E-state index in [1.54, 1.807) is 0 Å². The van der Waals surface area contributed by atoms with Gasteiger partial charge in [-0.2, -0.15) is 37.9 Å². The molecule has 0 heterocycles. The van der Waals surface area contributed by atoms with Crippen molar-refractivity contribution >= 4 is 37.9 Å². The highest BCUT2D eigenvalue weighted by Crippen LogP contribution is 2.29. The first-order chi connectivity index (χ1) is 11.2. The average Bonchev–Trinajstić information content (AvgIpc) is 2.59. The Bertz CT molecular complexity index is 219. The van der Waals surface area contributed by atoms with Crippen molar-refractivity contribution in [3.8, 4) is 0 Å². The van der Waals surface area contributed by atoms with E-state index >= 15 is 0 Å². The van der Waals surface area contributed by atoms with Crippen LogP contribution in [0.3, 0.4) is 0 Å². The Morgan fingerprint density at radius 3 is 1.09 bits per heavy atom. The molecule has 0 saturated carbocycles. The third-order valence-electron chi connectivity index (χ3n) is 5.07. The highest BCUT2D eigenvalue weighted by Gasteiger charge is 2.24. The molecule has 0 fully saturated rings. The summed E-state index contributed by atoms with van der Waals surface area (Å²) in [5, 5.41) is 0. The molecule has 23 heavy (non-hydrogen) atoms. The fraction of sp³-hybridized carbons (Fsp3) is 1.00. The molecule has 0 aliphatic heterocycles. The lowest BCUT2D eigenvalue weighted by atomic mass is 9.88. The number of unbranched alkanes of at least 4 members (excludes halogenated alkanes) is 13. The van der Waals surface area contributed by atoms with E-state index in [9.17, 15) is 0 Å². The summed E-state index contributed by atoms with van der Waals surface area (Å²) in [6, 6.07) is 0. The second-order valence-electron chi connectivity index (χ2n) is 7.32. The van der Waals surface area contributed by atoms with Gasteiger partial charge in [-0.15, -0.1) is 0 Å². The molecule has 0 atom stereocenters. The van der Waals surface area contributed by atoms with Gasteiger partial charge in [-0.25, -0.2) is 0 Å². The number of hydrogen-bond acceptors (Lipinski definition) is 3. The molecule has 0 nitrogen and oxygen atoms in total. The van der Waals surface area contributed by atoms with Crippen LogP contribution in [0.1, 0.15) is 103 Å². The molecule has 140 valence electrons. The predicted molar refractivity (Wildman–Crippen MR) is 119 cm³/mol. The van der Waals surface area contributed by atoms with Crippen molar-refractivity contribution in [2.45, 2.75) is 103 Å². The molecule has 0 spiro atoms. The van der Waals surface area contributed by atoms with Gasteiger partial charge in [0.2, 0.25) is 0 Å². The summed E-state index contributed by atoms with van der Waals surface area (Å²) in [5.41, 5.74) is 0.256. The van der Waals surface area contributed by atoms with E-state index in [0.717, 1.165) is 17.3 Å². The molecule has 0 aliphatic carbocycles. The van der Waals surface area contributed by atoms with Crippen LogP contribution in [-0.4, -0.2) is 17.3 Å². The van der Waals surface area contributed by atoms with E-state index in [0.29, 0.717) is 0 Å². The van der Waals surface area contributed by atoms with Gasteiger partial charge in [0.15, 0.2) is 0 Å². The second-order valence-corrected chi connectivity index (χ2v) is 8.27. The summed E-state index contributed by atoms with van der Waals surface area (Å²) in [4.78, 5) is 0. The van der Waals surface area contributed by atoms with Gasteiger partial charge in [0.1, 0.15) is 0 Å². The average molecular weight is 379 g/mol. The summed E-state index contributed by atoms with van der Waals surface area (Å²) in [6.45, 7) is 2.29. The van der Waals surface area contributed by atoms with Crippen molar-refractivity contribution < 1.29 is 0 Å². The minimum atomic E-state index is 0.256. The van der Waals surface area contributed by atoms with Crippen molar-refractivity contribution in [1.82, 2.24) is 0 Å². The van der Waals surface area contributed by atoms with Gasteiger partial charge >= 0.3 is 0 Å². The molecule has 3 heteroatoms. The van der Waals surface area contributed by atoms with Crippen molar-refractivity contribution in [3.05, 3.63) is 0 Å². The Kier molecular flexibility index (Phi) is 18.7. The maximum Gasteiger partial charge on any atom is -0.00255 e. The minimum Gasteiger partial charge on any atom is -0.179 e. The third kappa shape index (κ3) is 14.0. The van der Waals surface area contributed by atoms with E-state index in [4.69, 9.17) is 0 Å². The van der Waals surface area contributed by atoms with Crippen LogP contribution in [0.4, 0.5) is 0 Å². The SMILES string of the molecule is CCCCCCCCCCCCCCCCC(CS)(CS)CS. The van der Waals surface area contributed by atoms with Gasteiger partial charge in [0, 0.05) is 0 Å². The number of hydrogen-bond donors (Lipinski definition) is 3. The molecule has 0 N–H and O–H groups in total. The zero-order valence-electron chi connectivity index (χ0n) is 15.6. The molecule has 0 aromatic carbocycles. The molecule has 0 rings (SSSR count). The molecular formula is C20H42S3. The fourth-order valence-corrected chi connectivity index (χ4v) is 4.76. The summed E-state index contributed by atoms with van der Waals surface area (Å²) < 4.78 is 0. The first-order valence-electron chi connectivity index (χ1n) is 10.1. The van der Waals surface area contributed by atoms with Crippen LogP contribution >= 0.6 is 37.9 Å². The Balaban J connectivity index is 3.25. The Morgan fingerprint density at radius 1 is 0.478 bits per heavy atom. The predicted octanol–water partition coefficient (Wildman–Crippen LogP) is 7.63. The van der Waals surface area contributed by atoms with Crippen molar-refractivity contribution in [2.75, 3.05) is 17.3 Å². The highest BCUT2D eigenvalue weighted by atomic mass is 32.1. The summed E-state index contributed by atoms with van der Waals surface area (Å²) in [7, 11) is 0. The van der Waals surface area contributed by atoms with Crippen LogP contribution < -0.4 is 0 Å². The lowest BCUT2D eigenvalue weighted by molar-refractivity contribution is 0.383. The topological polar surface area (TPSA) is 0 Å². The first-order valence-corrected chi connectivity index (χ1v) is 12.0. The summed E-state index contributed by atoms with van der Waals surface area (Å²) in [6.07, 6.45) is 21.2. The maximum absolute atomic E-state index is 4.49. The van der Waals surface area contributed by atoms with Crippen molar-refractivity contribution in [1.29, 1.82) is 0 Å². The van der Waals surface area contributed by atoms with Crippen LogP contribution in [0, 0.1) is 5.41 Å². The lowest BCUT2D eigenvalue weighted by Gasteiger charge is -2.28. The summed E-state index contributed by atoms with van der Waals surface area (Å²) in [5.74, 6) is 2.75. The number of rotatable bonds is 18. The molecule has 0 saturated heterocycles. The van der Waals surface area contributed by atoms with Crippen molar-refractivity contribution in [2.24, 2.45) is 5.41 Å². The normalized spacial score (nSPS) is 12.0. The van der Waals surface area contributed by atoms with Gasteiger partial charge in [-0.05, 0) is 29.1 Å². The molecular weight excluding hydrogens is 336 g/mol. The monoisotopic (exact) mass is 378 g/mol. The molecule has 0 aromatic rings. The molecule has 0 aromatic heterocycles. The van der Waals surface area contributed by atoms with Crippen LogP contribution in [0.15, 0.2) is 0 Å². The van der Waals surface area contributed by atoms with Crippen molar-refractivity contribution in [3.63, 3.8) is 0 Å². The minimum absolute atomic E-state index is 0.256. The Hall–Kier alpha value is 1.05. The lowest BCUT2D eigenvalue weighted by Crippen LogP contribution is -2.27. The van der Waals surface area contributed by atoms with Gasteiger partial charge < -0.3 is 0 Å². The van der Waals surface area contributed by atoms with Crippen LogP contribution in [0.25, 0.3) is 0 Å². The van der Waals surface area contributed by atoms with Crippen LogP contribution in [0.5, 0.6) is 0 Å². The molecule has 0 bridgehead atoms. The molecule has 0 unspecified atom stereocenters. The first kappa shape index (κ1) is 24.1. The Labute approximate surface area is 163 Å². The van der Waals surface area contributed by atoms with Gasteiger partial charge in [0.25, 0.3) is 0 Å². The smallest absolute Gasteiger partial charge is 0.00255 e. The third-order valence-corrected chi connectivity index (χ3v) is 7.08. The van der Waals surface area contributed by atoms with Crippen LogP contribution in [0.2, 0.25) is 0 Å². The van der Waals surface area contributed by atoms with E-state index in [-0.39, 0.29) is 5.41 Å². The Morgan fingerprint density at radius 2 is 0.783 bits per heavy atom. The zero-order valence-corrected chi connectivity index (χ0v) is 18.3. The van der Waals surface area contributed by atoms with E-state index in [1.807, 2.05) is 0 Å². The number of thiol groups is 3. The summed E-state index contributed by atoms with van der Waals surface area (Å²) >= 11 is 13.5. The van der Waals surface area contributed by atoms with Crippen LogP contribution in [-0.2, 0) is 0 Å². The van der Waals surface area contributed by atoms with Gasteiger partial charge in [-0.1, -0.05) is 96.8 Å². The highest BCUT2D eigenvalue weighted by molar-refractivity contribution is 7.82. The van der Waals surface area contributed by atoms with Gasteiger partial charge in [-0.3, -0.25) is 0 Å². The quantitative estimate of drug-likeness (QED) is 0.158.